The molecule has 0 aliphatic carbocycles. The number of alkyl halides is 3. The Morgan fingerprint density at radius 2 is 1.60 bits per heavy atom. The first-order valence-electron chi connectivity index (χ1n) is 8.50. The Morgan fingerprint density at radius 3 is 2.13 bits per heavy atom. The second-order valence-electron chi connectivity index (χ2n) is 6.08. The van der Waals surface area contributed by atoms with Crippen LogP contribution in [0.4, 0.5) is 18.0 Å². The average molecular weight is 445 g/mol. The number of benzene rings is 2. The van der Waals surface area contributed by atoms with Crippen molar-refractivity contribution in [2.24, 2.45) is 0 Å². The van der Waals surface area contributed by atoms with Crippen molar-refractivity contribution in [3.8, 4) is 0 Å². The average Bonchev–Trinajstić information content (AvgIpc) is 2.71. The van der Waals surface area contributed by atoms with Gasteiger partial charge in [0.25, 0.3) is 9.84 Å². The largest absolute Gasteiger partial charge is 0.501 e. The molecule has 0 fully saturated rings. The molecule has 11 heteroatoms. The van der Waals surface area contributed by atoms with Crippen LogP contribution in [0, 0.1) is 0 Å². The fourth-order valence-corrected chi connectivity index (χ4v) is 3.18. The second kappa shape index (κ2) is 9.61. The van der Waals surface area contributed by atoms with E-state index in [4.69, 9.17) is 4.74 Å². The summed E-state index contributed by atoms with van der Waals surface area (Å²) in [5, 5.41) is 2.32. The van der Waals surface area contributed by atoms with Crippen LogP contribution in [0.5, 0.6) is 0 Å². The third-order valence-electron chi connectivity index (χ3n) is 3.97. The molecule has 0 heterocycles. The van der Waals surface area contributed by atoms with Crippen LogP contribution < -0.4 is 5.32 Å². The fraction of sp³-hybridized carbons (Fsp3) is 0.263. The molecule has 0 unspecified atom stereocenters. The monoisotopic (exact) mass is 445 g/mol. The predicted molar refractivity (Wildman–Crippen MR) is 99.0 cm³/mol. The number of alkyl carbamates (subject to hydrolysis) is 1. The molecule has 162 valence electrons. The molecule has 0 saturated carbocycles. The predicted octanol–water partition coefficient (Wildman–Crippen LogP) is 2.99. The Balaban J connectivity index is 2.05. The molecule has 0 saturated heterocycles. The van der Waals surface area contributed by atoms with E-state index in [1.165, 1.54) is 0 Å². The lowest BCUT2D eigenvalue weighted by molar-refractivity contribution is -0.143. The highest BCUT2D eigenvalue weighted by Gasteiger charge is 2.46. The Labute approximate surface area is 170 Å². The summed E-state index contributed by atoms with van der Waals surface area (Å²) in [5.41, 5.74) is -4.40. The minimum Gasteiger partial charge on any atom is -0.467 e. The summed E-state index contributed by atoms with van der Waals surface area (Å²) in [7, 11) is -4.37. The van der Waals surface area contributed by atoms with Crippen molar-refractivity contribution < 1.29 is 40.7 Å². The first-order valence-corrected chi connectivity index (χ1v) is 9.98. The van der Waals surface area contributed by atoms with E-state index in [1.807, 2.05) is 0 Å². The minimum atomic E-state index is -5.48. The smallest absolute Gasteiger partial charge is 0.467 e. The summed E-state index contributed by atoms with van der Waals surface area (Å²) in [6, 6.07) is 11.4. The SMILES string of the molecule is COC(=O)[C@H](Cc1ccc(S(=O)(=O)C(F)(F)F)cc1)NC(=O)OCc1ccccc1. The summed E-state index contributed by atoms with van der Waals surface area (Å²) < 4.78 is 70.3. The zero-order valence-corrected chi connectivity index (χ0v) is 16.5. The molecule has 0 bridgehead atoms. The van der Waals surface area contributed by atoms with Crippen molar-refractivity contribution in [2.45, 2.75) is 29.5 Å². The van der Waals surface area contributed by atoms with Crippen LogP contribution in [0.1, 0.15) is 11.1 Å². The second-order valence-corrected chi connectivity index (χ2v) is 8.02. The highest BCUT2D eigenvalue weighted by Crippen LogP contribution is 2.30. The van der Waals surface area contributed by atoms with Gasteiger partial charge in [-0.3, -0.25) is 0 Å². The van der Waals surface area contributed by atoms with E-state index in [9.17, 15) is 31.2 Å². The van der Waals surface area contributed by atoms with Crippen LogP contribution >= 0.6 is 0 Å². The molecule has 1 N–H and O–H groups in total. The molecule has 2 aromatic rings. The third-order valence-corrected chi connectivity index (χ3v) is 5.47. The molecule has 0 spiro atoms. The third kappa shape index (κ3) is 5.96. The molecular weight excluding hydrogens is 427 g/mol. The van der Waals surface area contributed by atoms with Crippen molar-refractivity contribution in [2.75, 3.05) is 7.11 Å². The van der Waals surface area contributed by atoms with E-state index in [2.05, 4.69) is 10.1 Å². The van der Waals surface area contributed by atoms with E-state index in [0.717, 1.165) is 36.9 Å². The number of hydrogen-bond donors (Lipinski definition) is 1. The topological polar surface area (TPSA) is 98.8 Å². The van der Waals surface area contributed by atoms with E-state index >= 15 is 0 Å². The van der Waals surface area contributed by atoms with Gasteiger partial charge in [0, 0.05) is 6.42 Å². The van der Waals surface area contributed by atoms with Gasteiger partial charge in [-0.1, -0.05) is 42.5 Å². The molecule has 1 atom stereocenters. The molecule has 1 amide bonds. The molecular formula is C19H18F3NO6S. The zero-order chi connectivity index (χ0) is 22.4. The number of halogens is 3. The summed E-state index contributed by atoms with van der Waals surface area (Å²) >= 11 is 0. The molecule has 7 nitrogen and oxygen atoms in total. The van der Waals surface area contributed by atoms with E-state index in [0.29, 0.717) is 5.56 Å². The first-order chi connectivity index (χ1) is 14.0. The Hall–Kier alpha value is -3.08. The summed E-state index contributed by atoms with van der Waals surface area (Å²) in [5.74, 6) is -0.807. The van der Waals surface area contributed by atoms with Gasteiger partial charge in [-0.25, -0.2) is 18.0 Å². The molecule has 0 aromatic heterocycles. The summed E-state index contributed by atoms with van der Waals surface area (Å²) in [6.45, 7) is -0.0371. The molecule has 0 aliphatic rings. The molecule has 0 radical (unpaired) electrons. The van der Waals surface area contributed by atoms with Crippen LogP contribution in [-0.2, 0) is 37.1 Å². The lowest BCUT2D eigenvalue weighted by Gasteiger charge is -2.17. The summed E-state index contributed by atoms with van der Waals surface area (Å²) in [4.78, 5) is 23.0. The van der Waals surface area contributed by atoms with Crippen LogP contribution in [0.15, 0.2) is 59.5 Å². The normalized spacial score (nSPS) is 12.7. The highest BCUT2D eigenvalue weighted by molar-refractivity contribution is 7.92. The van der Waals surface area contributed by atoms with Crippen LogP contribution in [0.2, 0.25) is 0 Å². The van der Waals surface area contributed by atoms with E-state index < -0.39 is 38.3 Å². The number of rotatable bonds is 7. The van der Waals surface area contributed by atoms with Gasteiger partial charge in [0.05, 0.1) is 12.0 Å². The van der Waals surface area contributed by atoms with Gasteiger partial charge in [0.1, 0.15) is 12.6 Å². The van der Waals surface area contributed by atoms with Gasteiger partial charge in [-0.2, -0.15) is 13.2 Å². The van der Waals surface area contributed by atoms with Gasteiger partial charge in [0.2, 0.25) is 0 Å². The van der Waals surface area contributed by atoms with Gasteiger partial charge in [-0.05, 0) is 23.3 Å². The van der Waals surface area contributed by atoms with Gasteiger partial charge in [-0.15, -0.1) is 0 Å². The number of ether oxygens (including phenoxy) is 2. The number of methoxy groups -OCH3 is 1. The maximum atomic E-state index is 12.6. The number of carbonyl (C=O) groups is 2. The van der Waals surface area contributed by atoms with Gasteiger partial charge < -0.3 is 14.8 Å². The first kappa shape index (κ1) is 23.2. The molecule has 2 aromatic carbocycles. The van der Waals surface area contributed by atoms with Crippen LogP contribution in [-0.4, -0.2) is 39.1 Å². The van der Waals surface area contributed by atoms with Gasteiger partial charge >= 0.3 is 17.6 Å². The number of esters is 1. The Kier molecular flexibility index (Phi) is 7.43. The van der Waals surface area contributed by atoms with Crippen molar-refractivity contribution in [3.05, 3.63) is 65.7 Å². The van der Waals surface area contributed by atoms with Crippen LogP contribution in [0.3, 0.4) is 0 Å². The highest BCUT2D eigenvalue weighted by atomic mass is 32.2. The van der Waals surface area contributed by atoms with E-state index in [1.54, 1.807) is 30.3 Å². The van der Waals surface area contributed by atoms with Crippen molar-refractivity contribution in [1.29, 1.82) is 0 Å². The number of sulfone groups is 1. The maximum absolute atomic E-state index is 12.6. The van der Waals surface area contributed by atoms with Crippen LogP contribution in [0.25, 0.3) is 0 Å². The van der Waals surface area contributed by atoms with Crippen molar-refractivity contribution in [3.63, 3.8) is 0 Å². The Morgan fingerprint density at radius 1 is 1.00 bits per heavy atom. The molecule has 2 rings (SSSR count). The lowest BCUT2D eigenvalue weighted by atomic mass is 10.1. The zero-order valence-electron chi connectivity index (χ0n) is 15.7. The maximum Gasteiger partial charge on any atom is 0.501 e. The number of nitrogens with one attached hydrogen (secondary N) is 1. The number of amides is 1. The standard InChI is InChI=1S/C19H18F3NO6S/c1-28-17(24)16(23-18(25)29-12-14-5-3-2-4-6-14)11-13-7-9-15(10-8-13)30(26,27)19(20,21)22/h2-10,16H,11-12H2,1H3,(H,23,25)/t16-/m0/s1. The quantitative estimate of drug-likeness (QED) is 0.658. The number of carbonyl (C=O) groups excluding carboxylic acids is 2. The fourth-order valence-electron chi connectivity index (χ4n) is 2.42. The van der Waals surface area contributed by atoms with E-state index in [-0.39, 0.29) is 13.0 Å². The van der Waals surface area contributed by atoms with Gasteiger partial charge in [0.15, 0.2) is 0 Å². The lowest BCUT2D eigenvalue weighted by Crippen LogP contribution is -2.43. The molecule has 30 heavy (non-hydrogen) atoms. The van der Waals surface area contributed by atoms with Crippen molar-refractivity contribution >= 4 is 21.9 Å². The molecule has 0 aliphatic heterocycles. The number of hydrogen-bond acceptors (Lipinski definition) is 6. The summed E-state index contributed by atoms with van der Waals surface area (Å²) in [6.07, 6.45) is -1.05. The minimum absolute atomic E-state index is 0.0371. The Bertz CT molecular complexity index is 976. The van der Waals surface area contributed by atoms with Crippen molar-refractivity contribution in [1.82, 2.24) is 5.32 Å².